The number of carbonyl (C=O) groups excluding carboxylic acids is 1. The zero-order valence-electron chi connectivity index (χ0n) is 17.9. The number of fused-ring (bicyclic) bond motifs is 1. The molecule has 0 radical (unpaired) electrons. The molecule has 1 heterocycles. The van der Waals surface area contributed by atoms with Gasteiger partial charge in [-0.25, -0.2) is 9.78 Å². The monoisotopic (exact) mass is 460 g/mol. The molecule has 0 fully saturated rings. The first-order chi connectivity index (χ1) is 14.9. The lowest BCUT2D eigenvalue weighted by Gasteiger charge is -2.30. The second-order valence-electron chi connectivity index (χ2n) is 7.29. The van der Waals surface area contributed by atoms with Crippen LogP contribution in [0.4, 0.5) is 10.5 Å². The van der Waals surface area contributed by atoms with Gasteiger partial charge in [-0.3, -0.25) is 9.36 Å². The van der Waals surface area contributed by atoms with Crippen molar-refractivity contribution in [1.82, 2.24) is 14.5 Å². The molecule has 1 atom stereocenters. The number of rotatable bonds is 7. The van der Waals surface area contributed by atoms with Gasteiger partial charge in [0.05, 0.1) is 32.7 Å². The van der Waals surface area contributed by atoms with E-state index in [0.29, 0.717) is 40.5 Å². The average molecular weight is 461 g/mol. The molecule has 3 aromatic rings. The second-order valence-corrected chi connectivity index (χ2v) is 8.08. The normalized spacial score (nSPS) is 12.0. The van der Waals surface area contributed by atoms with Gasteiger partial charge < -0.3 is 10.2 Å². The van der Waals surface area contributed by atoms with Gasteiger partial charge in [-0.05, 0) is 44.5 Å². The molecule has 0 spiro atoms. The summed E-state index contributed by atoms with van der Waals surface area (Å²) >= 11 is 12.3. The zero-order valence-corrected chi connectivity index (χ0v) is 19.4. The van der Waals surface area contributed by atoms with Crippen LogP contribution in [-0.2, 0) is 6.54 Å². The van der Waals surface area contributed by atoms with E-state index in [2.05, 4.69) is 12.2 Å². The first kappa shape index (κ1) is 23.1. The van der Waals surface area contributed by atoms with Crippen LogP contribution < -0.4 is 10.9 Å². The standard InChI is InChI=1S/C23H26Cl2N4O2/c1-4-6-14-29(23(31)27-19-13-9-11-17(24)20(19)25)15(3)21-26-18-12-8-7-10-16(18)22(30)28(21)5-2/h7-13,15H,4-6,14H2,1-3H3,(H,27,31). The predicted molar refractivity (Wildman–Crippen MR) is 127 cm³/mol. The number of para-hydroxylation sites is 1. The van der Waals surface area contributed by atoms with Crippen LogP contribution >= 0.6 is 23.2 Å². The molecule has 2 aromatic carbocycles. The summed E-state index contributed by atoms with van der Waals surface area (Å²) in [5.74, 6) is 0.551. The van der Waals surface area contributed by atoms with E-state index < -0.39 is 6.04 Å². The molecule has 1 N–H and O–H groups in total. The van der Waals surface area contributed by atoms with Crippen molar-refractivity contribution >= 4 is 45.8 Å². The lowest BCUT2D eigenvalue weighted by Crippen LogP contribution is -2.40. The van der Waals surface area contributed by atoms with Gasteiger partial charge >= 0.3 is 6.03 Å². The van der Waals surface area contributed by atoms with Crippen LogP contribution in [0.25, 0.3) is 10.9 Å². The van der Waals surface area contributed by atoms with E-state index in [4.69, 9.17) is 28.2 Å². The quantitative estimate of drug-likeness (QED) is 0.461. The molecular weight excluding hydrogens is 435 g/mol. The van der Waals surface area contributed by atoms with Crippen LogP contribution in [0.2, 0.25) is 10.0 Å². The van der Waals surface area contributed by atoms with Crippen molar-refractivity contribution in [1.29, 1.82) is 0 Å². The highest BCUT2D eigenvalue weighted by Gasteiger charge is 2.26. The summed E-state index contributed by atoms with van der Waals surface area (Å²) in [6, 6.07) is 11.6. The molecule has 0 bridgehead atoms. The minimum atomic E-state index is -0.429. The van der Waals surface area contributed by atoms with Crippen molar-refractivity contribution in [2.45, 2.75) is 46.2 Å². The number of hydrogen-bond acceptors (Lipinski definition) is 3. The summed E-state index contributed by atoms with van der Waals surface area (Å²) in [4.78, 5) is 32.7. The zero-order chi connectivity index (χ0) is 22.5. The Bertz CT molecular complexity index is 1150. The van der Waals surface area contributed by atoms with E-state index in [1.54, 1.807) is 33.7 Å². The van der Waals surface area contributed by atoms with E-state index in [0.717, 1.165) is 12.8 Å². The Morgan fingerprint density at radius 1 is 1.16 bits per heavy atom. The van der Waals surface area contributed by atoms with Crippen LogP contribution in [0.1, 0.15) is 45.5 Å². The van der Waals surface area contributed by atoms with Crippen molar-refractivity contribution in [3.8, 4) is 0 Å². The van der Waals surface area contributed by atoms with Crippen LogP contribution in [0.15, 0.2) is 47.3 Å². The van der Waals surface area contributed by atoms with E-state index in [9.17, 15) is 9.59 Å². The van der Waals surface area contributed by atoms with Gasteiger partial charge in [-0.15, -0.1) is 0 Å². The first-order valence-electron chi connectivity index (χ1n) is 10.4. The lowest BCUT2D eigenvalue weighted by molar-refractivity contribution is 0.187. The third-order valence-electron chi connectivity index (χ3n) is 5.26. The maximum atomic E-state index is 13.2. The van der Waals surface area contributed by atoms with Gasteiger partial charge in [0.25, 0.3) is 5.56 Å². The van der Waals surface area contributed by atoms with Gasteiger partial charge in [-0.2, -0.15) is 0 Å². The molecule has 1 aromatic heterocycles. The Morgan fingerprint density at radius 2 is 1.90 bits per heavy atom. The highest BCUT2D eigenvalue weighted by Crippen LogP contribution is 2.30. The number of amides is 2. The summed E-state index contributed by atoms with van der Waals surface area (Å²) in [7, 11) is 0. The van der Waals surface area contributed by atoms with E-state index >= 15 is 0 Å². The number of aromatic nitrogens is 2. The highest BCUT2D eigenvalue weighted by atomic mass is 35.5. The summed E-state index contributed by atoms with van der Waals surface area (Å²) in [6.45, 7) is 6.81. The molecule has 3 rings (SSSR count). The van der Waals surface area contributed by atoms with E-state index in [1.807, 2.05) is 32.0 Å². The van der Waals surface area contributed by atoms with Crippen molar-refractivity contribution in [3.63, 3.8) is 0 Å². The Morgan fingerprint density at radius 3 is 2.61 bits per heavy atom. The molecule has 0 aliphatic rings. The maximum absolute atomic E-state index is 13.2. The number of nitrogens with one attached hydrogen (secondary N) is 1. The second kappa shape index (κ2) is 10.2. The molecule has 1 unspecified atom stereocenters. The van der Waals surface area contributed by atoms with Crippen molar-refractivity contribution in [3.05, 3.63) is 68.7 Å². The molecule has 0 aliphatic heterocycles. The number of anilines is 1. The largest absolute Gasteiger partial charge is 0.322 e. The Labute approximate surface area is 191 Å². The molecule has 0 saturated carbocycles. The summed E-state index contributed by atoms with van der Waals surface area (Å²) in [5.41, 5.74) is 0.948. The highest BCUT2D eigenvalue weighted by molar-refractivity contribution is 6.43. The molecule has 0 saturated heterocycles. The van der Waals surface area contributed by atoms with Crippen molar-refractivity contribution in [2.24, 2.45) is 0 Å². The number of urea groups is 1. The number of hydrogen-bond donors (Lipinski definition) is 1. The third-order valence-corrected chi connectivity index (χ3v) is 6.07. The third kappa shape index (κ3) is 4.86. The fraction of sp³-hybridized carbons (Fsp3) is 0.348. The molecule has 2 amide bonds. The molecule has 6 nitrogen and oxygen atoms in total. The minimum Gasteiger partial charge on any atom is -0.315 e. The molecule has 0 aliphatic carbocycles. The first-order valence-corrected chi connectivity index (χ1v) is 11.2. The van der Waals surface area contributed by atoms with E-state index in [-0.39, 0.29) is 16.6 Å². The van der Waals surface area contributed by atoms with Gasteiger partial charge in [0.15, 0.2) is 0 Å². The fourth-order valence-corrected chi connectivity index (χ4v) is 3.88. The Balaban J connectivity index is 2.01. The number of unbranched alkanes of at least 4 members (excludes halogenated alkanes) is 1. The van der Waals surface area contributed by atoms with Crippen LogP contribution in [0, 0.1) is 0 Å². The van der Waals surface area contributed by atoms with Gasteiger partial charge in [0.2, 0.25) is 0 Å². The number of benzene rings is 2. The summed E-state index contributed by atoms with van der Waals surface area (Å²) in [5, 5.41) is 4.07. The number of carbonyl (C=O) groups is 1. The topological polar surface area (TPSA) is 67.2 Å². The smallest absolute Gasteiger partial charge is 0.315 e. The summed E-state index contributed by atoms with van der Waals surface area (Å²) < 4.78 is 1.63. The summed E-state index contributed by atoms with van der Waals surface area (Å²) in [6.07, 6.45) is 1.73. The minimum absolute atomic E-state index is 0.108. The van der Waals surface area contributed by atoms with E-state index in [1.165, 1.54) is 0 Å². The average Bonchev–Trinajstić information content (AvgIpc) is 2.77. The maximum Gasteiger partial charge on any atom is 0.322 e. The van der Waals surface area contributed by atoms with Gasteiger partial charge in [0, 0.05) is 13.1 Å². The molecule has 8 heteroatoms. The molecule has 31 heavy (non-hydrogen) atoms. The fourth-order valence-electron chi connectivity index (χ4n) is 3.54. The van der Waals surface area contributed by atoms with Gasteiger partial charge in [-0.1, -0.05) is 54.7 Å². The Hall–Kier alpha value is -2.57. The van der Waals surface area contributed by atoms with Gasteiger partial charge in [0.1, 0.15) is 5.82 Å². The Kier molecular flexibility index (Phi) is 7.57. The van der Waals surface area contributed by atoms with Crippen LogP contribution in [0.3, 0.4) is 0 Å². The van der Waals surface area contributed by atoms with Crippen molar-refractivity contribution in [2.75, 3.05) is 11.9 Å². The lowest BCUT2D eigenvalue weighted by atomic mass is 10.2. The molecular formula is C23H26Cl2N4O2. The SMILES string of the molecule is CCCCN(C(=O)Nc1cccc(Cl)c1Cl)C(C)c1nc2ccccc2c(=O)n1CC. The van der Waals surface area contributed by atoms with Crippen molar-refractivity contribution < 1.29 is 4.79 Å². The molecule has 164 valence electrons. The number of halogens is 2. The predicted octanol–water partition coefficient (Wildman–Crippen LogP) is 6.12. The number of nitrogens with zero attached hydrogens (tertiary/aromatic N) is 3. The van der Waals surface area contributed by atoms with Crippen LogP contribution in [0.5, 0.6) is 0 Å². The van der Waals surface area contributed by atoms with Crippen LogP contribution in [-0.4, -0.2) is 27.0 Å².